The molecule has 2 atom stereocenters. The van der Waals surface area contributed by atoms with Crippen molar-refractivity contribution in [2.75, 3.05) is 0 Å². The van der Waals surface area contributed by atoms with Crippen molar-refractivity contribution in [3.05, 3.63) is 28.8 Å². The molecule has 0 saturated carbocycles. The van der Waals surface area contributed by atoms with Crippen molar-refractivity contribution < 1.29 is 4.79 Å². The maximum absolute atomic E-state index is 12.1. The highest BCUT2D eigenvalue weighted by Crippen LogP contribution is 2.40. The molecule has 0 amide bonds. The van der Waals surface area contributed by atoms with Crippen LogP contribution in [0.5, 0.6) is 0 Å². The van der Waals surface area contributed by atoms with Gasteiger partial charge in [0.2, 0.25) is 0 Å². The molecule has 0 spiro atoms. The van der Waals surface area contributed by atoms with E-state index in [4.69, 9.17) is 0 Å². The summed E-state index contributed by atoms with van der Waals surface area (Å²) in [6.07, 6.45) is 0. The van der Waals surface area contributed by atoms with Crippen LogP contribution in [0.3, 0.4) is 0 Å². The van der Waals surface area contributed by atoms with Gasteiger partial charge in [0.25, 0.3) is 0 Å². The average molecular weight is 220 g/mol. The first-order valence-electron chi connectivity index (χ1n) is 5.33. The second-order valence-electron chi connectivity index (χ2n) is 4.43. The van der Waals surface area contributed by atoms with Crippen LogP contribution in [0.1, 0.15) is 35.3 Å². The number of aryl methyl sites for hydroxylation is 2. The Morgan fingerprint density at radius 2 is 1.87 bits per heavy atom. The Labute approximate surface area is 95.3 Å². The third-order valence-corrected chi connectivity index (χ3v) is 4.66. The Kier molecular flexibility index (Phi) is 2.63. The van der Waals surface area contributed by atoms with Gasteiger partial charge < -0.3 is 0 Å². The third-order valence-electron chi connectivity index (χ3n) is 3.11. The van der Waals surface area contributed by atoms with E-state index in [2.05, 4.69) is 19.9 Å². The van der Waals surface area contributed by atoms with E-state index in [1.54, 1.807) is 0 Å². The Hall–Kier alpha value is -0.760. The van der Waals surface area contributed by atoms with Gasteiger partial charge in [-0.25, -0.2) is 0 Å². The maximum atomic E-state index is 12.1. The molecule has 0 bridgehead atoms. The Bertz CT molecular complexity index is 423. The summed E-state index contributed by atoms with van der Waals surface area (Å²) in [6, 6.07) is 4.18. The van der Waals surface area contributed by atoms with Crippen molar-refractivity contribution in [2.45, 2.75) is 37.8 Å². The lowest BCUT2D eigenvalue weighted by molar-refractivity contribution is 0.0923. The molecule has 1 heterocycles. The molecular formula is C13H16OS. The van der Waals surface area contributed by atoms with Crippen molar-refractivity contribution in [1.29, 1.82) is 0 Å². The van der Waals surface area contributed by atoms with Crippen LogP contribution in [0.25, 0.3) is 0 Å². The molecule has 2 heteroatoms. The SMILES string of the molecule is Cc1cc(C)c2c(c1)C(=O)C(C)C(C)S2. The molecule has 0 saturated heterocycles. The predicted molar refractivity (Wildman–Crippen MR) is 64.7 cm³/mol. The van der Waals surface area contributed by atoms with Crippen molar-refractivity contribution in [1.82, 2.24) is 0 Å². The van der Waals surface area contributed by atoms with Gasteiger partial charge in [0, 0.05) is 21.6 Å². The smallest absolute Gasteiger partial charge is 0.167 e. The molecule has 1 nitrogen and oxygen atoms in total. The number of fused-ring (bicyclic) bond motifs is 1. The lowest BCUT2D eigenvalue weighted by atomic mass is 9.93. The Morgan fingerprint density at radius 1 is 1.20 bits per heavy atom. The predicted octanol–water partition coefficient (Wildman–Crippen LogP) is 3.62. The molecular weight excluding hydrogens is 204 g/mol. The molecule has 0 radical (unpaired) electrons. The highest BCUT2D eigenvalue weighted by Gasteiger charge is 2.31. The van der Waals surface area contributed by atoms with Crippen LogP contribution in [0.4, 0.5) is 0 Å². The minimum Gasteiger partial charge on any atom is -0.294 e. The van der Waals surface area contributed by atoms with Crippen molar-refractivity contribution >= 4 is 17.5 Å². The molecule has 2 unspecified atom stereocenters. The van der Waals surface area contributed by atoms with Gasteiger partial charge in [-0.1, -0.05) is 25.5 Å². The van der Waals surface area contributed by atoms with E-state index in [0.29, 0.717) is 11.0 Å². The standard InChI is InChI=1S/C13H16OS/c1-7-5-8(2)13-11(6-7)12(14)9(3)10(4)15-13/h5-6,9-10H,1-4H3. The van der Waals surface area contributed by atoms with Crippen LogP contribution in [-0.4, -0.2) is 11.0 Å². The Balaban J connectivity index is 2.60. The summed E-state index contributed by atoms with van der Waals surface area (Å²) in [6.45, 7) is 8.30. The minimum absolute atomic E-state index is 0.142. The van der Waals surface area contributed by atoms with Gasteiger partial charge >= 0.3 is 0 Å². The monoisotopic (exact) mass is 220 g/mol. The van der Waals surface area contributed by atoms with E-state index < -0.39 is 0 Å². The van der Waals surface area contributed by atoms with Crippen molar-refractivity contribution in [3.63, 3.8) is 0 Å². The molecule has 0 aromatic heterocycles. The number of rotatable bonds is 0. The molecule has 0 fully saturated rings. The average Bonchev–Trinajstić information content (AvgIpc) is 2.17. The minimum atomic E-state index is 0.142. The number of hydrogen-bond acceptors (Lipinski definition) is 2. The summed E-state index contributed by atoms with van der Waals surface area (Å²) in [5, 5.41) is 0.395. The summed E-state index contributed by atoms with van der Waals surface area (Å²) >= 11 is 1.84. The normalized spacial score (nSPS) is 25.2. The molecule has 0 aliphatic carbocycles. The molecule has 80 valence electrons. The van der Waals surface area contributed by atoms with Crippen molar-refractivity contribution in [2.24, 2.45) is 5.92 Å². The quantitative estimate of drug-likeness (QED) is 0.664. The lowest BCUT2D eigenvalue weighted by Gasteiger charge is -2.27. The molecule has 15 heavy (non-hydrogen) atoms. The molecule has 1 aliphatic rings. The number of carbonyl (C=O) groups excluding carboxylic acids is 1. The van der Waals surface area contributed by atoms with Gasteiger partial charge in [0.05, 0.1) is 0 Å². The zero-order valence-corrected chi connectivity index (χ0v) is 10.4. The first-order valence-corrected chi connectivity index (χ1v) is 6.21. The van der Waals surface area contributed by atoms with Crippen LogP contribution in [0, 0.1) is 19.8 Å². The number of benzene rings is 1. The molecule has 1 aliphatic heterocycles. The van der Waals surface area contributed by atoms with Crippen molar-refractivity contribution in [3.8, 4) is 0 Å². The molecule has 0 N–H and O–H groups in total. The zero-order chi connectivity index (χ0) is 11.2. The third kappa shape index (κ3) is 1.71. The highest BCUT2D eigenvalue weighted by atomic mass is 32.2. The van der Waals surface area contributed by atoms with Crippen LogP contribution in [0.2, 0.25) is 0 Å². The molecule has 2 rings (SSSR count). The van der Waals surface area contributed by atoms with Crippen LogP contribution >= 0.6 is 11.8 Å². The molecule has 1 aromatic carbocycles. The fraction of sp³-hybridized carbons (Fsp3) is 0.462. The zero-order valence-electron chi connectivity index (χ0n) is 9.63. The number of carbonyl (C=O) groups is 1. The Morgan fingerprint density at radius 3 is 2.53 bits per heavy atom. The van der Waals surface area contributed by atoms with Gasteiger partial charge in [0.15, 0.2) is 5.78 Å². The van der Waals surface area contributed by atoms with Gasteiger partial charge in [0.1, 0.15) is 0 Å². The number of ketones is 1. The fourth-order valence-electron chi connectivity index (χ4n) is 2.04. The van der Waals surface area contributed by atoms with Crippen LogP contribution in [-0.2, 0) is 0 Å². The highest BCUT2D eigenvalue weighted by molar-refractivity contribution is 8.00. The van der Waals surface area contributed by atoms with Crippen LogP contribution < -0.4 is 0 Å². The van der Waals surface area contributed by atoms with E-state index in [0.717, 1.165) is 5.56 Å². The van der Waals surface area contributed by atoms with E-state index in [9.17, 15) is 4.79 Å². The summed E-state index contributed by atoms with van der Waals surface area (Å²) < 4.78 is 0. The second-order valence-corrected chi connectivity index (χ2v) is 5.82. The van der Waals surface area contributed by atoms with Gasteiger partial charge in [-0.2, -0.15) is 0 Å². The number of Topliss-reactive ketones (excluding diaryl/α,β-unsaturated/α-hetero) is 1. The van der Waals surface area contributed by atoms with E-state index in [-0.39, 0.29) is 5.92 Å². The van der Waals surface area contributed by atoms with Gasteiger partial charge in [-0.05, 0) is 25.5 Å². The maximum Gasteiger partial charge on any atom is 0.167 e. The lowest BCUT2D eigenvalue weighted by Crippen LogP contribution is -2.26. The number of thioether (sulfide) groups is 1. The van der Waals surface area contributed by atoms with E-state index in [1.807, 2.05) is 31.7 Å². The topological polar surface area (TPSA) is 17.1 Å². The first-order chi connectivity index (χ1) is 7.00. The molecule has 1 aromatic rings. The second kappa shape index (κ2) is 3.67. The van der Waals surface area contributed by atoms with E-state index >= 15 is 0 Å². The largest absolute Gasteiger partial charge is 0.294 e. The van der Waals surface area contributed by atoms with E-state index in [1.165, 1.54) is 16.0 Å². The summed E-state index contributed by atoms with van der Waals surface area (Å²) in [4.78, 5) is 13.3. The first kappa shape index (κ1) is 10.7. The summed E-state index contributed by atoms with van der Waals surface area (Å²) in [5.41, 5.74) is 3.35. The fourth-order valence-corrected chi connectivity index (χ4v) is 3.27. The van der Waals surface area contributed by atoms with Gasteiger partial charge in [-0.15, -0.1) is 11.8 Å². The summed E-state index contributed by atoms with van der Waals surface area (Å²) in [7, 11) is 0. The number of hydrogen-bond donors (Lipinski definition) is 0. The summed E-state index contributed by atoms with van der Waals surface area (Å²) in [5.74, 6) is 0.451. The van der Waals surface area contributed by atoms with Gasteiger partial charge in [-0.3, -0.25) is 4.79 Å². The van der Waals surface area contributed by atoms with Crippen LogP contribution in [0.15, 0.2) is 17.0 Å².